The van der Waals surface area contributed by atoms with Crippen molar-refractivity contribution in [3.05, 3.63) is 101 Å². The molecule has 1 aromatic heterocycles. The van der Waals surface area contributed by atoms with Gasteiger partial charge in [-0.2, -0.15) is 0 Å². The highest BCUT2D eigenvalue weighted by Crippen LogP contribution is 2.34. The number of hydrogen-bond donors (Lipinski definition) is 0. The summed E-state index contributed by atoms with van der Waals surface area (Å²) in [7, 11) is 0. The van der Waals surface area contributed by atoms with Crippen molar-refractivity contribution >= 4 is 22.8 Å². The van der Waals surface area contributed by atoms with Gasteiger partial charge >= 0.3 is 0 Å². The van der Waals surface area contributed by atoms with Crippen molar-refractivity contribution in [2.75, 3.05) is 6.61 Å². The molecule has 4 aromatic rings. The summed E-state index contributed by atoms with van der Waals surface area (Å²) < 4.78 is 5.56. The largest absolute Gasteiger partial charge is 0.494 e. The van der Waals surface area contributed by atoms with Gasteiger partial charge in [0.05, 0.1) is 17.7 Å². The molecule has 0 aliphatic carbocycles. The molecule has 0 unspecified atom stereocenters. The van der Waals surface area contributed by atoms with Crippen molar-refractivity contribution in [3.8, 4) is 16.9 Å². The number of rotatable bonds is 6. The first kappa shape index (κ1) is 20.5. The SMILES string of the molecule is CCOc1cccc(/C=C/C(=O)c2c(C)nc3cc(C)ccc3c2-c2ccccc2)c1. The van der Waals surface area contributed by atoms with Crippen molar-refractivity contribution < 1.29 is 9.53 Å². The minimum absolute atomic E-state index is 0.0619. The standard InChI is InChI=1S/C28H25NO2/c1-4-31-23-12-8-9-21(18-23)14-16-26(30)27-20(3)29-25-17-19(2)13-15-24(25)28(27)22-10-6-5-7-11-22/h5-18H,4H2,1-3H3/b16-14+. The number of fused-ring (bicyclic) bond motifs is 1. The van der Waals surface area contributed by atoms with E-state index in [1.165, 1.54) is 0 Å². The second kappa shape index (κ2) is 8.97. The van der Waals surface area contributed by atoms with Gasteiger partial charge in [-0.05, 0) is 61.7 Å². The predicted octanol–water partition coefficient (Wildman–Crippen LogP) is 6.81. The lowest BCUT2D eigenvalue weighted by Crippen LogP contribution is -2.05. The molecular weight excluding hydrogens is 382 g/mol. The van der Waals surface area contributed by atoms with Crippen LogP contribution in [0.3, 0.4) is 0 Å². The van der Waals surface area contributed by atoms with E-state index in [9.17, 15) is 4.79 Å². The van der Waals surface area contributed by atoms with Crippen molar-refractivity contribution in [1.82, 2.24) is 4.98 Å². The van der Waals surface area contributed by atoms with E-state index < -0.39 is 0 Å². The van der Waals surface area contributed by atoms with Crippen LogP contribution >= 0.6 is 0 Å². The van der Waals surface area contributed by atoms with Gasteiger partial charge in [-0.3, -0.25) is 9.78 Å². The lowest BCUT2D eigenvalue weighted by atomic mass is 9.91. The number of allylic oxidation sites excluding steroid dienone is 1. The van der Waals surface area contributed by atoms with Crippen LogP contribution in [0.15, 0.2) is 78.9 Å². The third-order valence-electron chi connectivity index (χ3n) is 5.23. The van der Waals surface area contributed by atoms with Gasteiger partial charge in [0.15, 0.2) is 5.78 Å². The maximum Gasteiger partial charge on any atom is 0.188 e. The topological polar surface area (TPSA) is 39.2 Å². The summed E-state index contributed by atoms with van der Waals surface area (Å²) >= 11 is 0. The average molecular weight is 408 g/mol. The van der Waals surface area contributed by atoms with Crippen LogP contribution in [0.1, 0.15) is 34.1 Å². The Morgan fingerprint density at radius 1 is 0.968 bits per heavy atom. The van der Waals surface area contributed by atoms with E-state index in [2.05, 4.69) is 25.1 Å². The zero-order valence-electron chi connectivity index (χ0n) is 18.1. The van der Waals surface area contributed by atoms with E-state index in [0.717, 1.165) is 44.6 Å². The fourth-order valence-electron chi connectivity index (χ4n) is 3.83. The summed E-state index contributed by atoms with van der Waals surface area (Å²) in [6, 6.07) is 24.0. The summed E-state index contributed by atoms with van der Waals surface area (Å²) in [5, 5.41) is 0.984. The molecule has 0 aliphatic rings. The first-order valence-corrected chi connectivity index (χ1v) is 10.5. The van der Waals surface area contributed by atoms with E-state index in [1.54, 1.807) is 6.08 Å². The fourth-order valence-corrected chi connectivity index (χ4v) is 3.83. The molecule has 1 heterocycles. The van der Waals surface area contributed by atoms with Gasteiger partial charge in [-0.1, -0.05) is 60.7 Å². The third kappa shape index (κ3) is 4.41. The minimum Gasteiger partial charge on any atom is -0.494 e. The Morgan fingerprint density at radius 2 is 1.77 bits per heavy atom. The van der Waals surface area contributed by atoms with Crippen LogP contribution in [-0.2, 0) is 0 Å². The van der Waals surface area contributed by atoms with E-state index >= 15 is 0 Å². The summed E-state index contributed by atoms with van der Waals surface area (Å²) in [6.07, 6.45) is 3.46. The molecule has 0 radical (unpaired) electrons. The summed E-state index contributed by atoms with van der Waals surface area (Å²) in [6.45, 7) is 6.52. The first-order chi connectivity index (χ1) is 15.1. The summed E-state index contributed by atoms with van der Waals surface area (Å²) in [5.41, 5.74) is 6.28. The van der Waals surface area contributed by atoms with Crippen LogP contribution in [0.25, 0.3) is 28.1 Å². The number of aryl methyl sites for hydroxylation is 2. The molecule has 0 N–H and O–H groups in total. The Labute approximate surface area is 183 Å². The molecular formula is C28H25NO2. The number of pyridine rings is 1. The zero-order valence-corrected chi connectivity index (χ0v) is 18.1. The average Bonchev–Trinajstić information content (AvgIpc) is 2.77. The molecule has 0 amide bonds. The molecule has 3 heteroatoms. The molecule has 0 bridgehead atoms. The molecule has 0 saturated heterocycles. The van der Waals surface area contributed by atoms with Gasteiger partial charge in [-0.15, -0.1) is 0 Å². The Kier molecular flexibility index (Phi) is 5.94. The maximum absolute atomic E-state index is 13.4. The molecule has 0 spiro atoms. The fraction of sp³-hybridized carbons (Fsp3) is 0.143. The van der Waals surface area contributed by atoms with E-state index in [-0.39, 0.29) is 5.78 Å². The Bertz CT molecular complexity index is 1270. The van der Waals surface area contributed by atoms with Crippen LogP contribution in [0, 0.1) is 13.8 Å². The van der Waals surface area contributed by atoms with E-state index in [0.29, 0.717) is 12.2 Å². The molecule has 3 aromatic carbocycles. The zero-order chi connectivity index (χ0) is 21.8. The van der Waals surface area contributed by atoms with Crippen LogP contribution in [0.5, 0.6) is 5.75 Å². The molecule has 154 valence electrons. The molecule has 31 heavy (non-hydrogen) atoms. The van der Waals surface area contributed by atoms with Gasteiger partial charge < -0.3 is 4.74 Å². The lowest BCUT2D eigenvalue weighted by molar-refractivity contribution is 0.104. The second-order valence-corrected chi connectivity index (χ2v) is 7.54. The second-order valence-electron chi connectivity index (χ2n) is 7.54. The number of benzene rings is 3. The quantitative estimate of drug-likeness (QED) is 0.260. The van der Waals surface area contributed by atoms with Gasteiger partial charge in [0.25, 0.3) is 0 Å². The van der Waals surface area contributed by atoms with E-state index in [4.69, 9.17) is 9.72 Å². The highest BCUT2D eigenvalue weighted by atomic mass is 16.5. The highest BCUT2D eigenvalue weighted by Gasteiger charge is 2.19. The normalized spacial score (nSPS) is 11.2. The van der Waals surface area contributed by atoms with Gasteiger partial charge in [-0.25, -0.2) is 0 Å². The number of carbonyl (C=O) groups is 1. The number of carbonyl (C=O) groups excluding carboxylic acids is 1. The third-order valence-corrected chi connectivity index (χ3v) is 5.23. The molecule has 3 nitrogen and oxygen atoms in total. The van der Waals surface area contributed by atoms with Crippen LogP contribution in [0.4, 0.5) is 0 Å². The molecule has 4 rings (SSSR count). The van der Waals surface area contributed by atoms with Gasteiger partial charge in [0, 0.05) is 16.6 Å². The molecule has 0 atom stereocenters. The smallest absolute Gasteiger partial charge is 0.188 e. The lowest BCUT2D eigenvalue weighted by Gasteiger charge is -2.14. The number of ether oxygens (including phenoxy) is 1. The summed E-state index contributed by atoms with van der Waals surface area (Å²) in [5.74, 6) is 0.731. The van der Waals surface area contributed by atoms with E-state index in [1.807, 2.05) is 74.5 Å². The number of ketones is 1. The Balaban J connectivity index is 1.83. The minimum atomic E-state index is -0.0619. The van der Waals surface area contributed by atoms with Crippen molar-refractivity contribution in [3.63, 3.8) is 0 Å². The molecule has 0 aliphatic heterocycles. The van der Waals surface area contributed by atoms with Gasteiger partial charge in [0.2, 0.25) is 0 Å². The van der Waals surface area contributed by atoms with Crippen molar-refractivity contribution in [2.45, 2.75) is 20.8 Å². The predicted molar refractivity (Wildman–Crippen MR) is 128 cm³/mol. The number of nitrogens with zero attached hydrogens (tertiary/aromatic N) is 1. The monoisotopic (exact) mass is 407 g/mol. The number of aromatic nitrogens is 1. The van der Waals surface area contributed by atoms with Crippen molar-refractivity contribution in [2.24, 2.45) is 0 Å². The highest BCUT2D eigenvalue weighted by molar-refractivity contribution is 6.16. The first-order valence-electron chi connectivity index (χ1n) is 10.5. The maximum atomic E-state index is 13.4. The van der Waals surface area contributed by atoms with Crippen LogP contribution in [-0.4, -0.2) is 17.4 Å². The molecule has 0 fully saturated rings. The number of hydrogen-bond acceptors (Lipinski definition) is 3. The van der Waals surface area contributed by atoms with Crippen molar-refractivity contribution in [1.29, 1.82) is 0 Å². The van der Waals surface area contributed by atoms with Crippen LogP contribution in [0.2, 0.25) is 0 Å². The molecule has 0 saturated carbocycles. The summed E-state index contributed by atoms with van der Waals surface area (Å²) in [4.78, 5) is 18.2. The van der Waals surface area contributed by atoms with Gasteiger partial charge in [0.1, 0.15) is 5.75 Å². The van der Waals surface area contributed by atoms with Crippen LogP contribution < -0.4 is 4.74 Å². The Morgan fingerprint density at radius 3 is 2.55 bits per heavy atom. The Hall–Kier alpha value is -3.72.